The molecule has 0 nitrogen and oxygen atoms in total. The maximum absolute atomic E-state index is 3.71. The van der Waals surface area contributed by atoms with Gasteiger partial charge in [-0.25, -0.2) is 0 Å². The molecule has 20 heavy (non-hydrogen) atoms. The van der Waals surface area contributed by atoms with Gasteiger partial charge in [-0.05, 0) is 18.8 Å². The normalized spacial score (nSPS) is 12.8. The molecule has 0 heterocycles. The maximum atomic E-state index is 3.71. The summed E-state index contributed by atoms with van der Waals surface area (Å²) in [5.74, 6) is 0.941. The van der Waals surface area contributed by atoms with Gasteiger partial charge in [-0.15, -0.1) is 0 Å². The zero-order valence-electron chi connectivity index (χ0n) is 14.3. The van der Waals surface area contributed by atoms with Gasteiger partial charge in [0.2, 0.25) is 0 Å². The smallest absolute Gasteiger partial charge is 0.00596 e. The van der Waals surface area contributed by atoms with Gasteiger partial charge < -0.3 is 0 Å². The summed E-state index contributed by atoms with van der Waals surface area (Å²) >= 11 is 3.71. The quantitative estimate of drug-likeness (QED) is 0.197. The van der Waals surface area contributed by atoms with E-state index in [0.717, 1.165) is 5.92 Å². The van der Waals surface area contributed by atoms with E-state index in [-0.39, 0.29) is 0 Å². The van der Waals surface area contributed by atoms with Crippen molar-refractivity contribution in [1.29, 1.82) is 0 Å². The standard InChI is InChI=1S/C19H39Br/c1-3-5-7-9-11-13-15-17-19(18-20)16-14-12-10-8-6-4-2/h19H,3-18H2,1-2H3. The van der Waals surface area contributed by atoms with Crippen LogP contribution in [0.5, 0.6) is 0 Å². The van der Waals surface area contributed by atoms with Crippen molar-refractivity contribution >= 4 is 15.9 Å². The molecule has 1 unspecified atom stereocenters. The topological polar surface area (TPSA) is 0 Å². The molecule has 0 saturated carbocycles. The monoisotopic (exact) mass is 346 g/mol. The van der Waals surface area contributed by atoms with E-state index in [0.29, 0.717) is 0 Å². The van der Waals surface area contributed by atoms with Crippen molar-refractivity contribution in [3.05, 3.63) is 0 Å². The summed E-state index contributed by atoms with van der Waals surface area (Å²) in [5.41, 5.74) is 0. The minimum absolute atomic E-state index is 0.941. The fourth-order valence-electron chi connectivity index (χ4n) is 2.90. The average Bonchev–Trinajstić information content (AvgIpc) is 2.47. The lowest BCUT2D eigenvalue weighted by molar-refractivity contribution is 0.438. The Kier molecular flexibility index (Phi) is 18.0. The Balaban J connectivity index is 3.29. The molecule has 0 fully saturated rings. The lowest BCUT2D eigenvalue weighted by Crippen LogP contribution is -2.02. The zero-order chi connectivity index (χ0) is 14.9. The molecule has 0 aromatic rings. The molecule has 0 radical (unpaired) electrons. The van der Waals surface area contributed by atoms with Crippen LogP contribution >= 0.6 is 15.9 Å². The van der Waals surface area contributed by atoms with E-state index in [9.17, 15) is 0 Å². The Hall–Kier alpha value is 0.480. The molecule has 122 valence electrons. The highest BCUT2D eigenvalue weighted by Gasteiger charge is 2.06. The molecular formula is C19H39Br. The van der Waals surface area contributed by atoms with E-state index in [1.807, 2.05) is 0 Å². The van der Waals surface area contributed by atoms with Crippen LogP contribution in [-0.4, -0.2) is 5.33 Å². The third-order valence-corrected chi connectivity index (χ3v) is 5.32. The van der Waals surface area contributed by atoms with Crippen LogP contribution in [0.2, 0.25) is 0 Å². The number of hydrogen-bond donors (Lipinski definition) is 0. The van der Waals surface area contributed by atoms with Crippen LogP contribution in [0.1, 0.15) is 110 Å². The van der Waals surface area contributed by atoms with Crippen molar-refractivity contribution < 1.29 is 0 Å². The van der Waals surface area contributed by atoms with E-state index in [4.69, 9.17) is 0 Å². The van der Waals surface area contributed by atoms with Gasteiger partial charge in [0, 0.05) is 5.33 Å². The number of unbranched alkanes of at least 4 members (excludes halogenated alkanes) is 11. The van der Waals surface area contributed by atoms with Crippen LogP contribution in [0, 0.1) is 5.92 Å². The second-order valence-electron chi connectivity index (χ2n) is 6.49. The maximum Gasteiger partial charge on any atom is 0.00596 e. The van der Waals surface area contributed by atoms with Gasteiger partial charge in [-0.1, -0.05) is 113 Å². The SMILES string of the molecule is CCCCCCCCCC(CBr)CCCCCCCC. The van der Waals surface area contributed by atoms with Crippen LogP contribution in [-0.2, 0) is 0 Å². The molecule has 0 aromatic heterocycles. The molecular weight excluding hydrogens is 308 g/mol. The van der Waals surface area contributed by atoms with Gasteiger partial charge in [0.25, 0.3) is 0 Å². The molecule has 0 aromatic carbocycles. The Bertz CT molecular complexity index is 167. The molecule has 0 bridgehead atoms. The molecule has 0 aliphatic rings. The van der Waals surface area contributed by atoms with E-state index < -0.39 is 0 Å². The first-order chi connectivity index (χ1) is 9.85. The lowest BCUT2D eigenvalue weighted by Gasteiger charge is -2.13. The van der Waals surface area contributed by atoms with E-state index in [2.05, 4.69) is 29.8 Å². The van der Waals surface area contributed by atoms with E-state index >= 15 is 0 Å². The van der Waals surface area contributed by atoms with Crippen molar-refractivity contribution in [2.45, 2.75) is 110 Å². The molecule has 0 N–H and O–H groups in total. The predicted octanol–water partition coefficient (Wildman–Crippen LogP) is 7.89. The Morgan fingerprint density at radius 1 is 0.550 bits per heavy atom. The van der Waals surface area contributed by atoms with Gasteiger partial charge >= 0.3 is 0 Å². The largest absolute Gasteiger partial charge is 0.0925 e. The van der Waals surface area contributed by atoms with Crippen molar-refractivity contribution in [3.63, 3.8) is 0 Å². The lowest BCUT2D eigenvalue weighted by atomic mass is 9.96. The number of alkyl halides is 1. The predicted molar refractivity (Wildman–Crippen MR) is 97.9 cm³/mol. The van der Waals surface area contributed by atoms with Crippen LogP contribution in [0.3, 0.4) is 0 Å². The number of hydrogen-bond acceptors (Lipinski definition) is 0. The molecule has 0 saturated heterocycles. The summed E-state index contributed by atoms with van der Waals surface area (Å²) in [6.07, 6.45) is 21.6. The minimum atomic E-state index is 0.941. The van der Waals surface area contributed by atoms with Crippen molar-refractivity contribution in [1.82, 2.24) is 0 Å². The van der Waals surface area contributed by atoms with Gasteiger partial charge in [0.1, 0.15) is 0 Å². The Morgan fingerprint density at radius 3 is 1.25 bits per heavy atom. The molecule has 0 aliphatic heterocycles. The van der Waals surface area contributed by atoms with Gasteiger partial charge in [0.05, 0.1) is 0 Å². The van der Waals surface area contributed by atoms with Crippen LogP contribution < -0.4 is 0 Å². The summed E-state index contributed by atoms with van der Waals surface area (Å²) in [7, 11) is 0. The van der Waals surface area contributed by atoms with Crippen LogP contribution in [0.4, 0.5) is 0 Å². The van der Waals surface area contributed by atoms with Gasteiger partial charge in [-0.2, -0.15) is 0 Å². The van der Waals surface area contributed by atoms with Gasteiger partial charge in [-0.3, -0.25) is 0 Å². The van der Waals surface area contributed by atoms with Gasteiger partial charge in [0.15, 0.2) is 0 Å². The third-order valence-electron chi connectivity index (χ3n) is 4.40. The average molecular weight is 347 g/mol. The highest BCUT2D eigenvalue weighted by Crippen LogP contribution is 2.20. The fourth-order valence-corrected chi connectivity index (χ4v) is 3.55. The van der Waals surface area contributed by atoms with Crippen molar-refractivity contribution in [3.8, 4) is 0 Å². The third kappa shape index (κ3) is 14.9. The van der Waals surface area contributed by atoms with Crippen molar-refractivity contribution in [2.75, 3.05) is 5.33 Å². The minimum Gasteiger partial charge on any atom is -0.0925 e. The molecule has 0 spiro atoms. The Labute approximate surface area is 137 Å². The Morgan fingerprint density at radius 2 is 0.900 bits per heavy atom. The highest BCUT2D eigenvalue weighted by atomic mass is 79.9. The second-order valence-corrected chi connectivity index (χ2v) is 7.13. The summed E-state index contributed by atoms with van der Waals surface area (Å²) < 4.78 is 0. The number of rotatable bonds is 16. The zero-order valence-corrected chi connectivity index (χ0v) is 15.9. The molecule has 0 rings (SSSR count). The summed E-state index contributed by atoms with van der Waals surface area (Å²) in [5, 5.41) is 1.22. The molecule has 1 heteroatoms. The van der Waals surface area contributed by atoms with E-state index in [1.165, 1.54) is 102 Å². The summed E-state index contributed by atoms with van der Waals surface area (Å²) in [6.45, 7) is 4.59. The van der Waals surface area contributed by atoms with Crippen LogP contribution in [0.15, 0.2) is 0 Å². The second kappa shape index (κ2) is 17.5. The van der Waals surface area contributed by atoms with Crippen LogP contribution in [0.25, 0.3) is 0 Å². The summed E-state index contributed by atoms with van der Waals surface area (Å²) in [6, 6.07) is 0. The molecule has 1 atom stereocenters. The van der Waals surface area contributed by atoms with E-state index in [1.54, 1.807) is 0 Å². The first-order valence-corrected chi connectivity index (χ1v) is 10.5. The summed E-state index contributed by atoms with van der Waals surface area (Å²) in [4.78, 5) is 0. The van der Waals surface area contributed by atoms with Crippen molar-refractivity contribution in [2.24, 2.45) is 5.92 Å². The number of halogens is 1. The fraction of sp³-hybridized carbons (Fsp3) is 1.00. The first-order valence-electron chi connectivity index (χ1n) is 9.41. The molecule has 0 amide bonds. The highest BCUT2D eigenvalue weighted by molar-refractivity contribution is 9.09. The molecule has 0 aliphatic carbocycles. The first kappa shape index (κ1) is 20.5.